The second-order valence-electron chi connectivity index (χ2n) is 4.12. The standard InChI is InChI=1S/C14H13N3O2/c15-9-11(10-5-2-1-3-6-10)13-16-17-14(19-13)12-7-4-8-18-12/h1-8,11H,9,15H2. The minimum absolute atomic E-state index is 0.0996. The number of furan rings is 1. The molecule has 19 heavy (non-hydrogen) atoms. The van der Waals surface area contributed by atoms with Crippen LogP contribution in [-0.2, 0) is 0 Å². The topological polar surface area (TPSA) is 78.1 Å². The molecule has 0 aliphatic rings. The van der Waals surface area contributed by atoms with E-state index in [9.17, 15) is 0 Å². The maximum Gasteiger partial charge on any atom is 0.283 e. The predicted molar refractivity (Wildman–Crippen MR) is 69.3 cm³/mol. The number of nitrogens with zero attached hydrogens (tertiary/aromatic N) is 2. The molecule has 96 valence electrons. The van der Waals surface area contributed by atoms with Crippen molar-refractivity contribution in [1.82, 2.24) is 10.2 Å². The van der Waals surface area contributed by atoms with Crippen LogP contribution in [0.5, 0.6) is 0 Å². The molecule has 0 spiro atoms. The first kappa shape index (κ1) is 11.7. The van der Waals surface area contributed by atoms with Crippen LogP contribution in [-0.4, -0.2) is 16.7 Å². The molecule has 3 rings (SSSR count). The third-order valence-electron chi connectivity index (χ3n) is 2.91. The lowest BCUT2D eigenvalue weighted by atomic mass is 9.99. The Labute approximate surface area is 110 Å². The SMILES string of the molecule is NCC(c1ccccc1)c1nnc(-c2ccco2)o1. The monoisotopic (exact) mass is 255 g/mol. The zero-order valence-corrected chi connectivity index (χ0v) is 10.2. The van der Waals surface area contributed by atoms with Crippen molar-refractivity contribution in [2.75, 3.05) is 6.54 Å². The summed E-state index contributed by atoms with van der Waals surface area (Å²) in [5.74, 6) is 1.33. The van der Waals surface area contributed by atoms with Gasteiger partial charge in [0.05, 0.1) is 12.2 Å². The van der Waals surface area contributed by atoms with Crippen LogP contribution >= 0.6 is 0 Å². The zero-order chi connectivity index (χ0) is 13.1. The van der Waals surface area contributed by atoms with Gasteiger partial charge in [-0.15, -0.1) is 10.2 Å². The molecule has 0 saturated heterocycles. The lowest BCUT2D eigenvalue weighted by molar-refractivity contribution is 0.463. The van der Waals surface area contributed by atoms with Gasteiger partial charge < -0.3 is 14.6 Å². The molecular weight excluding hydrogens is 242 g/mol. The van der Waals surface area contributed by atoms with Gasteiger partial charge in [0.25, 0.3) is 5.89 Å². The van der Waals surface area contributed by atoms with Crippen LogP contribution in [0.1, 0.15) is 17.4 Å². The highest BCUT2D eigenvalue weighted by Gasteiger charge is 2.20. The quantitative estimate of drug-likeness (QED) is 0.774. The summed E-state index contributed by atoms with van der Waals surface area (Å²) in [6.45, 7) is 0.407. The Morgan fingerprint density at radius 1 is 1.05 bits per heavy atom. The lowest BCUT2D eigenvalue weighted by Crippen LogP contribution is -2.14. The molecule has 0 saturated carbocycles. The molecule has 2 aromatic heterocycles. The molecule has 1 unspecified atom stereocenters. The molecule has 1 aromatic carbocycles. The number of aromatic nitrogens is 2. The maximum atomic E-state index is 5.81. The fourth-order valence-corrected chi connectivity index (χ4v) is 1.94. The van der Waals surface area contributed by atoms with Gasteiger partial charge in [0.15, 0.2) is 5.76 Å². The molecule has 0 fully saturated rings. The first-order chi connectivity index (χ1) is 9.38. The molecule has 2 N–H and O–H groups in total. The van der Waals surface area contributed by atoms with Gasteiger partial charge in [0.1, 0.15) is 0 Å². The van der Waals surface area contributed by atoms with Crippen molar-refractivity contribution in [3.05, 3.63) is 60.2 Å². The van der Waals surface area contributed by atoms with Crippen molar-refractivity contribution >= 4 is 0 Å². The molecule has 3 aromatic rings. The van der Waals surface area contributed by atoms with Crippen LogP contribution in [0.3, 0.4) is 0 Å². The number of benzene rings is 1. The van der Waals surface area contributed by atoms with Crippen molar-refractivity contribution in [2.45, 2.75) is 5.92 Å². The Morgan fingerprint density at radius 2 is 1.89 bits per heavy atom. The van der Waals surface area contributed by atoms with Gasteiger partial charge in [0, 0.05) is 6.54 Å². The minimum Gasteiger partial charge on any atom is -0.459 e. The third-order valence-corrected chi connectivity index (χ3v) is 2.91. The van der Waals surface area contributed by atoms with E-state index in [1.807, 2.05) is 30.3 Å². The summed E-state index contributed by atoms with van der Waals surface area (Å²) in [5.41, 5.74) is 6.87. The summed E-state index contributed by atoms with van der Waals surface area (Å²) in [6, 6.07) is 13.4. The Balaban J connectivity index is 1.93. The Morgan fingerprint density at radius 3 is 2.58 bits per heavy atom. The largest absolute Gasteiger partial charge is 0.459 e. The Hall–Kier alpha value is -2.40. The summed E-state index contributed by atoms with van der Waals surface area (Å²) in [6.07, 6.45) is 1.57. The van der Waals surface area contributed by atoms with Gasteiger partial charge >= 0.3 is 0 Å². The van der Waals surface area contributed by atoms with Crippen LogP contribution in [0.15, 0.2) is 57.6 Å². The fourth-order valence-electron chi connectivity index (χ4n) is 1.94. The molecule has 2 heterocycles. The molecule has 0 aliphatic carbocycles. The van der Waals surface area contributed by atoms with Crippen LogP contribution in [0.4, 0.5) is 0 Å². The van der Waals surface area contributed by atoms with Gasteiger partial charge in [-0.2, -0.15) is 0 Å². The average molecular weight is 255 g/mol. The van der Waals surface area contributed by atoms with Gasteiger partial charge in [0.2, 0.25) is 5.89 Å². The normalized spacial score (nSPS) is 12.5. The highest BCUT2D eigenvalue weighted by Crippen LogP contribution is 2.25. The number of hydrogen-bond acceptors (Lipinski definition) is 5. The number of rotatable bonds is 4. The van der Waals surface area contributed by atoms with Crippen LogP contribution in [0, 0.1) is 0 Å². The van der Waals surface area contributed by atoms with E-state index in [1.165, 1.54) is 0 Å². The first-order valence-electron chi connectivity index (χ1n) is 6.01. The molecule has 0 amide bonds. The van der Waals surface area contributed by atoms with E-state index in [0.717, 1.165) is 5.56 Å². The van der Waals surface area contributed by atoms with Crippen molar-refractivity contribution < 1.29 is 8.83 Å². The van der Waals surface area contributed by atoms with E-state index in [0.29, 0.717) is 24.1 Å². The number of nitrogens with two attached hydrogens (primary N) is 1. The van der Waals surface area contributed by atoms with E-state index in [-0.39, 0.29) is 5.92 Å². The van der Waals surface area contributed by atoms with Gasteiger partial charge in [-0.1, -0.05) is 30.3 Å². The van der Waals surface area contributed by atoms with Crippen LogP contribution < -0.4 is 5.73 Å². The van der Waals surface area contributed by atoms with E-state index in [1.54, 1.807) is 18.4 Å². The predicted octanol–water partition coefficient (Wildman–Crippen LogP) is 2.42. The maximum absolute atomic E-state index is 5.81. The highest BCUT2D eigenvalue weighted by molar-refractivity contribution is 5.42. The molecular formula is C14H13N3O2. The zero-order valence-electron chi connectivity index (χ0n) is 10.2. The molecule has 5 nitrogen and oxygen atoms in total. The fraction of sp³-hybridized carbons (Fsp3) is 0.143. The summed E-state index contributed by atoms with van der Waals surface area (Å²) in [7, 11) is 0. The third kappa shape index (κ3) is 2.28. The summed E-state index contributed by atoms with van der Waals surface area (Å²) < 4.78 is 10.9. The van der Waals surface area contributed by atoms with E-state index in [4.69, 9.17) is 14.6 Å². The summed E-state index contributed by atoms with van der Waals surface area (Å²) >= 11 is 0. The second kappa shape index (κ2) is 5.07. The average Bonchev–Trinajstić information content (AvgIpc) is 3.11. The van der Waals surface area contributed by atoms with Crippen LogP contribution in [0.2, 0.25) is 0 Å². The molecule has 0 bridgehead atoms. The van der Waals surface area contributed by atoms with E-state index in [2.05, 4.69) is 10.2 Å². The smallest absolute Gasteiger partial charge is 0.283 e. The Kier molecular flexibility index (Phi) is 3.12. The number of hydrogen-bond donors (Lipinski definition) is 1. The second-order valence-corrected chi connectivity index (χ2v) is 4.12. The van der Waals surface area contributed by atoms with Crippen molar-refractivity contribution in [3.63, 3.8) is 0 Å². The van der Waals surface area contributed by atoms with E-state index < -0.39 is 0 Å². The Bertz CT molecular complexity index is 632. The van der Waals surface area contributed by atoms with Gasteiger partial charge in [-0.25, -0.2) is 0 Å². The van der Waals surface area contributed by atoms with Crippen molar-refractivity contribution in [1.29, 1.82) is 0 Å². The first-order valence-corrected chi connectivity index (χ1v) is 6.01. The minimum atomic E-state index is -0.0996. The highest BCUT2D eigenvalue weighted by atomic mass is 16.4. The molecule has 0 radical (unpaired) electrons. The van der Waals surface area contributed by atoms with E-state index >= 15 is 0 Å². The van der Waals surface area contributed by atoms with Crippen molar-refractivity contribution in [2.24, 2.45) is 5.73 Å². The lowest BCUT2D eigenvalue weighted by Gasteiger charge is -2.09. The van der Waals surface area contributed by atoms with Crippen LogP contribution in [0.25, 0.3) is 11.7 Å². The summed E-state index contributed by atoms with van der Waals surface area (Å²) in [4.78, 5) is 0. The van der Waals surface area contributed by atoms with Gasteiger partial charge in [-0.3, -0.25) is 0 Å². The van der Waals surface area contributed by atoms with Gasteiger partial charge in [-0.05, 0) is 17.7 Å². The molecule has 5 heteroatoms. The van der Waals surface area contributed by atoms with Crippen molar-refractivity contribution in [3.8, 4) is 11.7 Å². The molecule has 1 atom stereocenters. The molecule has 0 aliphatic heterocycles. The summed E-state index contributed by atoms with van der Waals surface area (Å²) in [5, 5.41) is 8.05.